The van der Waals surface area contributed by atoms with Crippen molar-refractivity contribution in [2.45, 2.75) is 20.0 Å². The van der Waals surface area contributed by atoms with Crippen LogP contribution >= 0.6 is 0 Å². The van der Waals surface area contributed by atoms with Crippen LogP contribution in [0.2, 0.25) is 0 Å². The summed E-state index contributed by atoms with van der Waals surface area (Å²) in [7, 11) is 0. The molecule has 0 aliphatic rings. The lowest BCUT2D eigenvalue weighted by molar-refractivity contribution is 0.100. The van der Waals surface area contributed by atoms with E-state index in [9.17, 15) is 14.4 Å². The zero-order valence-electron chi connectivity index (χ0n) is 16.5. The molecule has 0 fully saturated rings. The van der Waals surface area contributed by atoms with Crippen molar-refractivity contribution in [2.24, 2.45) is 0 Å². The van der Waals surface area contributed by atoms with Crippen molar-refractivity contribution in [2.75, 3.05) is 17.6 Å². The number of nitrogen functional groups attached to an aromatic ring is 1. The number of carbonyl (C=O) groups is 1. The van der Waals surface area contributed by atoms with Crippen LogP contribution in [0.1, 0.15) is 28.4 Å². The van der Waals surface area contributed by atoms with Crippen LogP contribution < -0.4 is 22.3 Å². The third-order valence-electron chi connectivity index (χ3n) is 4.69. The second-order valence-electron chi connectivity index (χ2n) is 6.63. The number of benzene rings is 2. The van der Waals surface area contributed by atoms with Crippen LogP contribution in [0.5, 0.6) is 0 Å². The molecule has 0 saturated heterocycles. The molecule has 0 amide bonds. The molecule has 0 spiro atoms. The van der Waals surface area contributed by atoms with E-state index in [0.717, 1.165) is 10.1 Å². The normalized spacial score (nSPS) is 10.4. The number of carbonyl (C=O) groups excluding carboxylic acids is 1. The van der Waals surface area contributed by atoms with Gasteiger partial charge in [-0.15, -0.1) is 0 Å². The van der Waals surface area contributed by atoms with Gasteiger partial charge in [0.05, 0.1) is 24.7 Å². The molecular weight excluding hydrogens is 382 g/mol. The van der Waals surface area contributed by atoms with Gasteiger partial charge in [-0.3, -0.25) is 18.7 Å². The van der Waals surface area contributed by atoms with Crippen LogP contribution in [0.25, 0.3) is 0 Å². The number of nitrogens with zero attached hydrogens (tertiary/aromatic N) is 3. The van der Waals surface area contributed by atoms with Gasteiger partial charge in [0.1, 0.15) is 11.4 Å². The lowest BCUT2D eigenvalue weighted by atomic mass is 10.1. The van der Waals surface area contributed by atoms with Crippen LogP contribution in [0, 0.1) is 11.3 Å². The Hall–Kier alpha value is -4.12. The van der Waals surface area contributed by atoms with Crippen LogP contribution in [-0.2, 0) is 13.1 Å². The fraction of sp³-hybridized carbons (Fsp3) is 0.182. The molecule has 3 N–H and O–H groups in total. The maximum Gasteiger partial charge on any atom is 0.332 e. The predicted molar refractivity (Wildman–Crippen MR) is 115 cm³/mol. The van der Waals surface area contributed by atoms with E-state index in [1.165, 1.54) is 4.57 Å². The highest BCUT2D eigenvalue weighted by Gasteiger charge is 2.22. The first-order chi connectivity index (χ1) is 14.5. The summed E-state index contributed by atoms with van der Waals surface area (Å²) in [6.45, 7) is 1.71. The van der Waals surface area contributed by atoms with Gasteiger partial charge < -0.3 is 11.1 Å². The van der Waals surface area contributed by atoms with Crippen LogP contribution in [0.15, 0.2) is 64.2 Å². The second-order valence-corrected chi connectivity index (χ2v) is 6.63. The highest BCUT2D eigenvalue weighted by molar-refractivity contribution is 6.02. The highest BCUT2D eigenvalue weighted by Crippen LogP contribution is 2.12. The zero-order valence-corrected chi connectivity index (χ0v) is 16.5. The van der Waals surface area contributed by atoms with E-state index in [0.29, 0.717) is 11.3 Å². The van der Waals surface area contributed by atoms with E-state index < -0.39 is 17.0 Å². The molecule has 152 valence electrons. The van der Waals surface area contributed by atoms with Crippen molar-refractivity contribution >= 4 is 17.3 Å². The number of nitrogens with one attached hydrogen (secondary N) is 1. The highest BCUT2D eigenvalue weighted by atomic mass is 16.2. The Morgan fingerprint density at radius 2 is 1.83 bits per heavy atom. The van der Waals surface area contributed by atoms with Gasteiger partial charge in [0.2, 0.25) is 0 Å². The van der Waals surface area contributed by atoms with Crippen molar-refractivity contribution in [3.05, 3.63) is 92.1 Å². The van der Waals surface area contributed by atoms with Crippen molar-refractivity contribution in [3.63, 3.8) is 0 Å². The Bertz CT molecular complexity index is 1240. The Labute approximate surface area is 172 Å². The van der Waals surface area contributed by atoms with E-state index >= 15 is 0 Å². The topological polar surface area (TPSA) is 123 Å². The molecular formula is C22H21N5O3. The van der Waals surface area contributed by atoms with Crippen molar-refractivity contribution in [1.29, 1.82) is 5.26 Å². The minimum Gasteiger partial charge on any atom is -0.384 e. The molecule has 2 aromatic carbocycles. The standard InChI is InChI=1S/C22H21N5O3/c1-2-26-21(29)19(18(28)13-25-17-10-6-9-16(11-17)12-23)20(24)27(22(26)30)14-15-7-4-3-5-8-15/h3-11,25H,2,13-14,24H2,1H3. The maximum atomic E-state index is 12.9. The zero-order chi connectivity index (χ0) is 21.7. The number of Topliss-reactive ketones (excluding diaryl/α,β-unsaturated/α-hetero) is 1. The number of hydrogen-bond acceptors (Lipinski definition) is 6. The Morgan fingerprint density at radius 1 is 1.10 bits per heavy atom. The number of hydrogen-bond donors (Lipinski definition) is 2. The fourth-order valence-electron chi connectivity index (χ4n) is 3.14. The van der Waals surface area contributed by atoms with Crippen molar-refractivity contribution < 1.29 is 4.79 Å². The lowest BCUT2D eigenvalue weighted by Gasteiger charge is -2.16. The SMILES string of the molecule is CCn1c(=O)c(C(=O)CNc2cccc(C#N)c2)c(N)n(Cc2ccccc2)c1=O. The lowest BCUT2D eigenvalue weighted by Crippen LogP contribution is -2.44. The van der Waals surface area contributed by atoms with Gasteiger partial charge in [0.15, 0.2) is 5.78 Å². The van der Waals surface area contributed by atoms with E-state index in [1.54, 1.807) is 31.2 Å². The summed E-state index contributed by atoms with van der Waals surface area (Å²) in [6.07, 6.45) is 0. The quantitative estimate of drug-likeness (QED) is 0.580. The summed E-state index contributed by atoms with van der Waals surface area (Å²) >= 11 is 0. The minimum atomic E-state index is -0.707. The van der Waals surface area contributed by atoms with Gasteiger partial charge in [0.25, 0.3) is 5.56 Å². The molecule has 0 aliphatic carbocycles. The molecule has 30 heavy (non-hydrogen) atoms. The fourth-order valence-corrected chi connectivity index (χ4v) is 3.14. The number of nitriles is 1. The molecule has 0 radical (unpaired) electrons. The third-order valence-corrected chi connectivity index (χ3v) is 4.69. The molecule has 3 rings (SSSR count). The number of anilines is 2. The molecule has 0 unspecified atom stereocenters. The molecule has 3 aromatic rings. The smallest absolute Gasteiger partial charge is 0.332 e. The van der Waals surface area contributed by atoms with E-state index in [-0.39, 0.29) is 31.0 Å². The molecule has 0 bridgehead atoms. The van der Waals surface area contributed by atoms with Crippen LogP contribution in [0.3, 0.4) is 0 Å². The molecule has 1 aromatic heterocycles. The maximum absolute atomic E-state index is 12.9. The van der Waals surface area contributed by atoms with Gasteiger partial charge in [-0.05, 0) is 30.7 Å². The van der Waals surface area contributed by atoms with Crippen LogP contribution in [0.4, 0.5) is 11.5 Å². The first-order valence-corrected chi connectivity index (χ1v) is 9.40. The summed E-state index contributed by atoms with van der Waals surface area (Å²) < 4.78 is 2.24. The monoisotopic (exact) mass is 403 g/mol. The molecule has 8 nitrogen and oxygen atoms in total. The van der Waals surface area contributed by atoms with Crippen LogP contribution in [-0.4, -0.2) is 21.5 Å². The van der Waals surface area contributed by atoms with E-state index in [1.807, 2.05) is 36.4 Å². The van der Waals surface area contributed by atoms with Gasteiger partial charge in [-0.2, -0.15) is 5.26 Å². The molecule has 1 heterocycles. The van der Waals surface area contributed by atoms with Gasteiger partial charge in [-0.25, -0.2) is 4.79 Å². The van der Waals surface area contributed by atoms with E-state index in [4.69, 9.17) is 11.0 Å². The summed E-state index contributed by atoms with van der Waals surface area (Å²) in [5.41, 5.74) is 6.46. The van der Waals surface area contributed by atoms with Gasteiger partial charge in [-0.1, -0.05) is 36.4 Å². The number of nitrogens with two attached hydrogens (primary N) is 1. The average molecular weight is 403 g/mol. The minimum absolute atomic E-state index is 0.116. The third kappa shape index (κ3) is 4.15. The average Bonchev–Trinajstić information content (AvgIpc) is 2.76. The summed E-state index contributed by atoms with van der Waals surface area (Å²) in [5, 5.41) is 11.9. The Morgan fingerprint density at radius 3 is 2.50 bits per heavy atom. The molecule has 0 atom stereocenters. The number of rotatable bonds is 7. The number of ketones is 1. The first-order valence-electron chi connectivity index (χ1n) is 9.40. The molecule has 8 heteroatoms. The summed E-state index contributed by atoms with van der Waals surface area (Å²) in [6, 6.07) is 17.8. The first kappa shape index (κ1) is 20.6. The summed E-state index contributed by atoms with van der Waals surface area (Å²) in [5.74, 6) is -0.694. The largest absolute Gasteiger partial charge is 0.384 e. The van der Waals surface area contributed by atoms with E-state index in [2.05, 4.69) is 5.32 Å². The predicted octanol–water partition coefficient (Wildman–Crippen LogP) is 1.83. The summed E-state index contributed by atoms with van der Waals surface area (Å²) in [4.78, 5) is 38.4. The van der Waals surface area contributed by atoms with Gasteiger partial charge in [0, 0.05) is 12.2 Å². The van der Waals surface area contributed by atoms with Crippen molar-refractivity contribution in [1.82, 2.24) is 9.13 Å². The van der Waals surface area contributed by atoms with Gasteiger partial charge >= 0.3 is 5.69 Å². The Balaban J connectivity index is 1.97. The number of aromatic nitrogens is 2. The molecule has 0 aliphatic heterocycles. The second kappa shape index (κ2) is 8.92. The molecule has 0 saturated carbocycles. The Kier molecular flexibility index (Phi) is 6.13. The van der Waals surface area contributed by atoms with Crippen molar-refractivity contribution in [3.8, 4) is 6.07 Å².